The summed E-state index contributed by atoms with van der Waals surface area (Å²) in [6.07, 6.45) is 1.06. The first kappa shape index (κ1) is 10.5. The Labute approximate surface area is 90.6 Å². The van der Waals surface area contributed by atoms with Gasteiger partial charge in [-0.25, -0.2) is 4.39 Å². The third kappa shape index (κ3) is 1.73. The molecule has 1 heterocycles. The number of amides is 1. The van der Waals surface area contributed by atoms with Crippen LogP contribution in [-0.4, -0.2) is 17.4 Å². The fraction of sp³-hybridized carbons (Fsp3) is 0.300. The Hall–Kier alpha value is -1.98. The second kappa shape index (κ2) is 3.88. The van der Waals surface area contributed by atoms with Gasteiger partial charge in [0.05, 0.1) is 11.0 Å². The molecule has 1 aromatic carbocycles. The number of nitrogens with zero attached hydrogens (tertiary/aromatic N) is 2. The van der Waals surface area contributed by atoms with Crippen molar-refractivity contribution in [3.63, 3.8) is 0 Å². The van der Waals surface area contributed by atoms with E-state index in [1.54, 1.807) is 0 Å². The summed E-state index contributed by atoms with van der Waals surface area (Å²) < 4.78 is 12.9. The summed E-state index contributed by atoms with van der Waals surface area (Å²) >= 11 is 0. The maximum Gasteiger partial charge on any atom is 0.295 e. The maximum atomic E-state index is 12.9. The average Bonchev–Trinajstić information content (AvgIpc) is 2.64. The van der Waals surface area contributed by atoms with Crippen LogP contribution in [-0.2, 0) is 4.79 Å². The number of hydrogen-bond donors (Lipinski definition) is 0. The second-order valence-electron chi connectivity index (χ2n) is 3.54. The van der Waals surface area contributed by atoms with E-state index in [-0.39, 0.29) is 17.3 Å². The SMILES string of the molecule is O=C1CCCN1c1ccc(F)cc1[N+](=O)[O-]. The zero-order chi connectivity index (χ0) is 11.7. The first-order valence-corrected chi connectivity index (χ1v) is 4.84. The van der Waals surface area contributed by atoms with Crippen LogP contribution in [0.4, 0.5) is 15.8 Å². The highest BCUT2D eigenvalue weighted by molar-refractivity contribution is 5.97. The number of hydrogen-bond acceptors (Lipinski definition) is 3. The van der Waals surface area contributed by atoms with Crippen LogP contribution in [0.3, 0.4) is 0 Å². The average molecular weight is 224 g/mol. The molecule has 1 fully saturated rings. The third-order valence-electron chi connectivity index (χ3n) is 2.50. The van der Waals surface area contributed by atoms with Crippen molar-refractivity contribution in [2.75, 3.05) is 11.4 Å². The highest BCUT2D eigenvalue weighted by Crippen LogP contribution is 2.31. The topological polar surface area (TPSA) is 63.5 Å². The standard InChI is InChI=1S/C10H9FN2O3/c11-7-3-4-8(9(6-7)13(15)16)12-5-1-2-10(12)14/h3-4,6H,1-2,5H2. The second-order valence-corrected chi connectivity index (χ2v) is 3.54. The molecule has 0 saturated carbocycles. The van der Waals surface area contributed by atoms with Gasteiger partial charge in [-0.3, -0.25) is 14.9 Å². The molecule has 5 nitrogen and oxygen atoms in total. The fourth-order valence-corrected chi connectivity index (χ4v) is 1.77. The molecule has 6 heteroatoms. The summed E-state index contributed by atoms with van der Waals surface area (Å²) in [6, 6.07) is 3.23. The van der Waals surface area contributed by atoms with Crippen molar-refractivity contribution < 1.29 is 14.1 Å². The molecule has 0 N–H and O–H groups in total. The number of halogens is 1. The van der Waals surface area contributed by atoms with Crippen LogP contribution in [0.25, 0.3) is 0 Å². The molecule has 0 bridgehead atoms. The molecule has 16 heavy (non-hydrogen) atoms. The normalized spacial score (nSPS) is 15.6. The lowest BCUT2D eigenvalue weighted by atomic mass is 10.2. The highest BCUT2D eigenvalue weighted by atomic mass is 19.1. The van der Waals surface area contributed by atoms with Crippen molar-refractivity contribution in [3.8, 4) is 0 Å². The first-order valence-electron chi connectivity index (χ1n) is 4.84. The Morgan fingerprint density at radius 2 is 2.19 bits per heavy atom. The van der Waals surface area contributed by atoms with Crippen molar-refractivity contribution >= 4 is 17.3 Å². The quantitative estimate of drug-likeness (QED) is 0.569. The largest absolute Gasteiger partial charge is 0.306 e. The van der Waals surface area contributed by atoms with Crippen molar-refractivity contribution in [2.45, 2.75) is 12.8 Å². The van der Waals surface area contributed by atoms with E-state index in [4.69, 9.17) is 0 Å². The van der Waals surface area contributed by atoms with Crippen LogP contribution in [0.15, 0.2) is 18.2 Å². The lowest BCUT2D eigenvalue weighted by molar-refractivity contribution is -0.384. The molecule has 0 radical (unpaired) electrons. The van der Waals surface area contributed by atoms with E-state index in [2.05, 4.69) is 0 Å². The molecule has 1 aliphatic rings. The molecule has 0 unspecified atom stereocenters. The Balaban J connectivity index is 2.47. The monoisotopic (exact) mass is 224 g/mol. The predicted molar refractivity (Wildman–Crippen MR) is 54.6 cm³/mol. The van der Waals surface area contributed by atoms with Crippen molar-refractivity contribution in [2.24, 2.45) is 0 Å². The molecular weight excluding hydrogens is 215 g/mol. The molecule has 2 rings (SSSR count). The minimum atomic E-state index is -0.679. The minimum absolute atomic E-state index is 0.158. The molecule has 1 aromatic rings. The number of carbonyl (C=O) groups excluding carboxylic acids is 1. The van der Waals surface area contributed by atoms with Crippen LogP contribution >= 0.6 is 0 Å². The van der Waals surface area contributed by atoms with E-state index >= 15 is 0 Å². The minimum Gasteiger partial charge on any atom is -0.306 e. The van der Waals surface area contributed by atoms with Gasteiger partial charge < -0.3 is 4.90 Å². The van der Waals surface area contributed by atoms with Gasteiger partial charge in [-0.15, -0.1) is 0 Å². The lowest BCUT2D eigenvalue weighted by Crippen LogP contribution is -2.24. The molecule has 1 amide bonds. The van der Waals surface area contributed by atoms with Gasteiger partial charge >= 0.3 is 0 Å². The highest BCUT2D eigenvalue weighted by Gasteiger charge is 2.28. The van der Waals surface area contributed by atoms with Crippen LogP contribution in [0.5, 0.6) is 0 Å². The van der Waals surface area contributed by atoms with Gasteiger partial charge in [-0.1, -0.05) is 0 Å². The lowest BCUT2D eigenvalue weighted by Gasteiger charge is -2.15. The van der Waals surface area contributed by atoms with Crippen LogP contribution in [0.2, 0.25) is 0 Å². The van der Waals surface area contributed by atoms with Gasteiger partial charge in [0.25, 0.3) is 5.69 Å². The zero-order valence-corrected chi connectivity index (χ0v) is 8.35. The number of benzene rings is 1. The summed E-state index contributed by atoms with van der Waals surface area (Å²) in [5.74, 6) is -0.836. The molecule has 0 spiro atoms. The molecule has 1 aliphatic heterocycles. The van der Waals surface area contributed by atoms with Crippen molar-refractivity contribution in [1.82, 2.24) is 0 Å². The predicted octanol–water partition coefficient (Wildman–Crippen LogP) is 1.86. The zero-order valence-electron chi connectivity index (χ0n) is 8.35. The van der Waals surface area contributed by atoms with Gasteiger partial charge in [-0.2, -0.15) is 0 Å². The number of nitro groups is 1. The van der Waals surface area contributed by atoms with E-state index < -0.39 is 10.7 Å². The molecular formula is C10H9FN2O3. The Kier molecular flexibility index (Phi) is 2.55. The molecule has 84 valence electrons. The van der Waals surface area contributed by atoms with Gasteiger partial charge in [-0.05, 0) is 18.6 Å². The summed E-state index contributed by atoms with van der Waals surface area (Å²) in [6.45, 7) is 0.450. The molecule has 1 saturated heterocycles. The summed E-state index contributed by atoms with van der Waals surface area (Å²) in [5.41, 5.74) is -0.191. The summed E-state index contributed by atoms with van der Waals surface area (Å²) in [7, 11) is 0. The van der Waals surface area contributed by atoms with E-state index in [1.807, 2.05) is 0 Å². The number of nitro benzene ring substituents is 1. The summed E-state index contributed by atoms with van der Waals surface area (Å²) in [5, 5.41) is 10.7. The smallest absolute Gasteiger partial charge is 0.295 e. The van der Waals surface area contributed by atoms with E-state index in [1.165, 1.54) is 11.0 Å². The Morgan fingerprint density at radius 3 is 2.75 bits per heavy atom. The van der Waals surface area contributed by atoms with Crippen LogP contribution in [0.1, 0.15) is 12.8 Å². The maximum absolute atomic E-state index is 12.9. The van der Waals surface area contributed by atoms with Crippen LogP contribution < -0.4 is 4.90 Å². The molecule has 0 aromatic heterocycles. The fourth-order valence-electron chi connectivity index (χ4n) is 1.77. The van der Waals surface area contributed by atoms with E-state index in [0.29, 0.717) is 19.4 Å². The Morgan fingerprint density at radius 1 is 1.44 bits per heavy atom. The first-order chi connectivity index (χ1) is 7.59. The van der Waals surface area contributed by atoms with Crippen LogP contribution in [0, 0.1) is 15.9 Å². The number of carbonyl (C=O) groups is 1. The summed E-state index contributed by atoms with van der Waals surface area (Å²) in [4.78, 5) is 22.8. The molecule has 0 atom stereocenters. The van der Waals surface area contributed by atoms with E-state index in [0.717, 1.165) is 12.1 Å². The third-order valence-corrected chi connectivity index (χ3v) is 2.50. The Bertz CT molecular complexity index is 461. The van der Waals surface area contributed by atoms with Crippen molar-refractivity contribution in [3.05, 3.63) is 34.1 Å². The van der Waals surface area contributed by atoms with Gasteiger partial charge in [0, 0.05) is 13.0 Å². The number of anilines is 1. The van der Waals surface area contributed by atoms with Gasteiger partial charge in [0.15, 0.2) is 0 Å². The van der Waals surface area contributed by atoms with Gasteiger partial charge in [0.1, 0.15) is 11.5 Å². The van der Waals surface area contributed by atoms with Gasteiger partial charge in [0.2, 0.25) is 5.91 Å². The number of rotatable bonds is 2. The van der Waals surface area contributed by atoms with E-state index in [9.17, 15) is 19.3 Å². The molecule has 0 aliphatic carbocycles. The van der Waals surface area contributed by atoms with Crippen molar-refractivity contribution in [1.29, 1.82) is 0 Å².